The molecular weight excluding hydrogens is 479 g/mol. The monoisotopic (exact) mass is 518 g/mol. The van der Waals surface area contributed by atoms with Gasteiger partial charge in [-0.25, -0.2) is 4.39 Å². The Labute approximate surface area is 220 Å². The van der Waals surface area contributed by atoms with Gasteiger partial charge in [0.25, 0.3) is 5.91 Å². The first-order chi connectivity index (χ1) is 17.3. The Kier molecular flexibility index (Phi) is 11.0. The maximum atomic E-state index is 13.2. The Hall–Kier alpha value is -2.19. The van der Waals surface area contributed by atoms with E-state index in [2.05, 4.69) is 42.8 Å². The molecule has 0 aromatic heterocycles. The molecule has 1 saturated heterocycles. The lowest BCUT2D eigenvalue weighted by molar-refractivity contribution is -0.139. The number of nitrogens with one attached hydrogen (secondary N) is 1. The minimum absolute atomic E-state index is 0.0108. The van der Waals surface area contributed by atoms with Crippen LogP contribution in [-0.4, -0.2) is 78.6 Å². The summed E-state index contributed by atoms with van der Waals surface area (Å²) in [7, 11) is 0. The molecule has 36 heavy (non-hydrogen) atoms. The average molecular weight is 519 g/mol. The molecule has 1 aliphatic rings. The van der Waals surface area contributed by atoms with E-state index in [9.17, 15) is 9.18 Å². The number of halogens is 2. The number of ether oxygens (including phenoxy) is 1. The molecule has 1 amide bonds. The van der Waals surface area contributed by atoms with Gasteiger partial charge in [-0.3, -0.25) is 9.69 Å². The van der Waals surface area contributed by atoms with Crippen molar-refractivity contribution < 1.29 is 13.9 Å². The van der Waals surface area contributed by atoms with Gasteiger partial charge in [-0.2, -0.15) is 0 Å². The molecule has 8 heteroatoms. The van der Waals surface area contributed by atoms with Gasteiger partial charge < -0.3 is 19.9 Å². The van der Waals surface area contributed by atoms with Gasteiger partial charge in [0.15, 0.2) is 6.61 Å². The Morgan fingerprint density at radius 2 is 1.83 bits per heavy atom. The molecule has 2 atom stereocenters. The van der Waals surface area contributed by atoms with Crippen LogP contribution in [0.2, 0.25) is 5.02 Å². The minimum Gasteiger partial charge on any atom is -0.483 e. The highest BCUT2D eigenvalue weighted by atomic mass is 35.5. The summed E-state index contributed by atoms with van der Waals surface area (Å²) in [5.74, 6) is 0.430. The Morgan fingerprint density at radius 3 is 2.53 bits per heavy atom. The molecular formula is C28H40ClFN4O2. The summed E-state index contributed by atoms with van der Waals surface area (Å²) in [6.45, 7) is 15.2. The van der Waals surface area contributed by atoms with Gasteiger partial charge in [-0.15, -0.1) is 0 Å². The lowest BCUT2D eigenvalue weighted by Gasteiger charge is -2.44. The molecule has 0 saturated carbocycles. The van der Waals surface area contributed by atoms with E-state index >= 15 is 0 Å². The number of amides is 1. The predicted octanol–water partition coefficient (Wildman–Crippen LogP) is 4.41. The molecule has 1 N–H and O–H groups in total. The minimum atomic E-state index is -0.227. The SMILES string of the molecule is CCN(CC)CCNCc1cc(Cl)ccc1OCC(=O)N1C[C@H](C)N(Cc2ccc(F)cc2)C[C@H]1C. The lowest BCUT2D eigenvalue weighted by atomic mass is 10.1. The van der Waals surface area contributed by atoms with E-state index in [0.717, 1.165) is 50.4 Å². The van der Waals surface area contributed by atoms with Crippen molar-refractivity contribution in [3.05, 3.63) is 64.4 Å². The summed E-state index contributed by atoms with van der Waals surface area (Å²) >= 11 is 6.23. The highest BCUT2D eigenvalue weighted by molar-refractivity contribution is 6.30. The van der Waals surface area contributed by atoms with Crippen LogP contribution in [-0.2, 0) is 17.9 Å². The molecule has 1 fully saturated rings. The molecule has 0 unspecified atom stereocenters. The Balaban J connectivity index is 1.52. The van der Waals surface area contributed by atoms with Crippen LogP contribution >= 0.6 is 11.6 Å². The molecule has 2 aromatic carbocycles. The summed E-state index contributed by atoms with van der Waals surface area (Å²) in [5.41, 5.74) is 2.01. The summed E-state index contributed by atoms with van der Waals surface area (Å²) in [6.07, 6.45) is 0. The van der Waals surface area contributed by atoms with Gasteiger partial charge in [0.05, 0.1) is 0 Å². The number of hydrogen-bond acceptors (Lipinski definition) is 5. The molecule has 0 radical (unpaired) electrons. The van der Waals surface area contributed by atoms with E-state index in [1.54, 1.807) is 6.07 Å². The van der Waals surface area contributed by atoms with Crippen molar-refractivity contribution >= 4 is 17.5 Å². The molecule has 1 aliphatic heterocycles. The van der Waals surface area contributed by atoms with Crippen LogP contribution in [0.3, 0.4) is 0 Å². The first-order valence-electron chi connectivity index (χ1n) is 12.9. The van der Waals surface area contributed by atoms with E-state index in [0.29, 0.717) is 23.9 Å². The first-order valence-corrected chi connectivity index (χ1v) is 13.3. The van der Waals surface area contributed by atoms with E-state index in [1.165, 1.54) is 12.1 Å². The fourth-order valence-corrected chi connectivity index (χ4v) is 4.83. The lowest BCUT2D eigenvalue weighted by Crippen LogP contribution is -2.58. The van der Waals surface area contributed by atoms with Crippen LogP contribution in [0.1, 0.15) is 38.8 Å². The third-order valence-electron chi connectivity index (χ3n) is 6.92. The second-order valence-electron chi connectivity index (χ2n) is 9.54. The molecule has 0 bridgehead atoms. The highest BCUT2D eigenvalue weighted by Crippen LogP contribution is 2.24. The molecule has 0 spiro atoms. The van der Waals surface area contributed by atoms with Gasteiger partial charge >= 0.3 is 0 Å². The van der Waals surface area contributed by atoms with Gasteiger partial charge in [-0.1, -0.05) is 37.6 Å². The molecule has 6 nitrogen and oxygen atoms in total. The highest BCUT2D eigenvalue weighted by Gasteiger charge is 2.32. The number of benzene rings is 2. The third kappa shape index (κ3) is 8.17. The van der Waals surface area contributed by atoms with Crippen molar-refractivity contribution in [2.75, 3.05) is 45.9 Å². The number of carbonyl (C=O) groups excluding carboxylic acids is 1. The summed E-state index contributed by atoms with van der Waals surface area (Å²) in [6, 6.07) is 12.4. The number of piperazine rings is 1. The fraction of sp³-hybridized carbons (Fsp3) is 0.536. The second-order valence-corrected chi connectivity index (χ2v) is 9.98. The van der Waals surface area contributed by atoms with Crippen LogP contribution in [0.5, 0.6) is 5.75 Å². The largest absolute Gasteiger partial charge is 0.483 e. The van der Waals surface area contributed by atoms with Crippen molar-refractivity contribution in [1.82, 2.24) is 20.0 Å². The van der Waals surface area contributed by atoms with Crippen molar-refractivity contribution in [2.45, 2.75) is 52.9 Å². The van der Waals surface area contributed by atoms with Crippen LogP contribution in [0.15, 0.2) is 42.5 Å². The summed E-state index contributed by atoms with van der Waals surface area (Å²) in [4.78, 5) is 19.7. The average Bonchev–Trinajstić information content (AvgIpc) is 2.86. The topological polar surface area (TPSA) is 48.1 Å². The number of carbonyl (C=O) groups is 1. The molecule has 2 aromatic rings. The quantitative estimate of drug-likeness (QED) is 0.422. The van der Waals surface area contributed by atoms with E-state index in [-0.39, 0.29) is 30.4 Å². The number of rotatable bonds is 12. The van der Waals surface area contributed by atoms with Crippen LogP contribution in [0.4, 0.5) is 4.39 Å². The van der Waals surface area contributed by atoms with Crippen LogP contribution in [0, 0.1) is 5.82 Å². The fourth-order valence-electron chi connectivity index (χ4n) is 4.64. The zero-order chi connectivity index (χ0) is 26.1. The zero-order valence-corrected chi connectivity index (χ0v) is 22.7. The van der Waals surface area contributed by atoms with Gasteiger partial charge in [0.1, 0.15) is 11.6 Å². The normalized spacial score (nSPS) is 18.6. The van der Waals surface area contributed by atoms with Crippen molar-refractivity contribution in [3.63, 3.8) is 0 Å². The molecule has 1 heterocycles. The van der Waals surface area contributed by atoms with E-state index < -0.39 is 0 Å². The van der Waals surface area contributed by atoms with E-state index in [1.807, 2.05) is 29.2 Å². The van der Waals surface area contributed by atoms with Crippen LogP contribution in [0.25, 0.3) is 0 Å². The number of likely N-dealkylation sites (N-methyl/N-ethyl adjacent to an activating group) is 1. The number of nitrogens with zero attached hydrogens (tertiary/aromatic N) is 3. The van der Waals surface area contributed by atoms with Gasteiger partial charge in [0, 0.05) is 61.9 Å². The molecule has 3 rings (SSSR count). The third-order valence-corrected chi connectivity index (χ3v) is 7.16. The smallest absolute Gasteiger partial charge is 0.260 e. The standard InChI is InChI=1S/C28H40ClFN4O2/c1-5-32(6-2)14-13-31-16-24-15-25(29)9-12-27(24)36-20-28(35)34-18-21(3)33(17-22(34)4)19-23-7-10-26(30)11-8-23/h7-12,15,21-22,31H,5-6,13-14,16-20H2,1-4H3/t21-,22+/m0/s1. The number of hydrogen-bond donors (Lipinski definition) is 1. The second kappa shape index (κ2) is 13.9. The van der Waals surface area contributed by atoms with Crippen molar-refractivity contribution in [2.24, 2.45) is 0 Å². The zero-order valence-electron chi connectivity index (χ0n) is 22.0. The van der Waals surface area contributed by atoms with Crippen molar-refractivity contribution in [1.29, 1.82) is 0 Å². The first kappa shape index (κ1) is 28.4. The summed E-state index contributed by atoms with van der Waals surface area (Å²) < 4.78 is 19.2. The predicted molar refractivity (Wildman–Crippen MR) is 144 cm³/mol. The summed E-state index contributed by atoms with van der Waals surface area (Å²) in [5, 5.41) is 4.11. The Morgan fingerprint density at radius 1 is 1.11 bits per heavy atom. The van der Waals surface area contributed by atoms with Gasteiger partial charge in [-0.05, 0) is 62.8 Å². The molecule has 198 valence electrons. The van der Waals surface area contributed by atoms with Crippen molar-refractivity contribution in [3.8, 4) is 5.75 Å². The maximum Gasteiger partial charge on any atom is 0.260 e. The maximum absolute atomic E-state index is 13.2. The Bertz CT molecular complexity index is 971. The molecule has 0 aliphatic carbocycles. The van der Waals surface area contributed by atoms with Crippen LogP contribution < -0.4 is 10.1 Å². The van der Waals surface area contributed by atoms with Gasteiger partial charge in [0.2, 0.25) is 0 Å². The van der Waals surface area contributed by atoms with E-state index in [4.69, 9.17) is 16.3 Å².